The van der Waals surface area contributed by atoms with Crippen LogP contribution in [-0.4, -0.2) is 56.5 Å². The quantitative estimate of drug-likeness (QED) is 0.731. The van der Waals surface area contributed by atoms with Gasteiger partial charge in [-0.2, -0.15) is 0 Å². The predicted octanol–water partition coefficient (Wildman–Crippen LogP) is 1.93. The number of ether oxygens (including phenoxy) is 1. The highest BCUT2D eigenvalue weighted by Crippen LogP contribution is 2.21. The number of methoxy groups -OCH3 is 1. The molecule has 0 aromatic heterocycles. The topological polar surface area (TPSA) is 44.7 Å². The normalized spacial score (nSPS) is 14.5. The molecule has 0 radical (unpaired) electrons. The zero-order chi connectivity index (χ0) is 15.0. The first-order chi connectivity index (χ1) is 9.54. The first-order valence-electron chi connectivity index (χ1n) is 6.88. The van der Waals surface area contributed by atoms with Crippen molar-refractivity contribution >= 4 is 11.6 Å². The molecule has 0 saturated heterocycles. The fourth-order valence-corrected chi connectivity index (χ4v) is 2.31. The lowest BCUT2D eigenvalue weighted by atomic mass is 10.1. The Morgan fingerprint density at radius 2 is 2.10 bits per heavy atom. The minimum Gasteiger partial charge on any atom is -0.390 e. The van der Waals surface area contributed by atoms with E-state index in [0.717, 1.165) is 17.1 Å². The lowest BCUT2D eigenvalue weighted by Gasteiger charge is -2.22. The number of benzene rings is 1. The number of aliphatic hydroxyl groups is 1. The summed E-state index contributed by atoms with van der Waals surface area (Å²) in [4.78, 5) is 2.05. The third-order valence-electron chi connectivity index (χ3n) is 3.23. The molecule has 5 heteroatoms. The van der Waals surface area contributed by atoms with Crippen LogP contribution in [-0.2, 0) is 4.74 Å². The number of nitrogens with zero attached hydrogens (tertiary/aromatic N) is 1. The van der Waals surface area contributed by atoms with Gasteiger partial charge in [0, 0.05) is 37.8 Å². The van der Waals surface area contributed by atoms with Crippen LogP contribution >= 0.6 is 11.6 Å². The lowest BCUT2D eigenvalue weighted by molar-refractivity contribution is 0.101. The summed E-state index contributed by atoms with van der Waals surface area (Å²) in [5.74, 6) is 0. The van der Waals surface area contributed by atoms with E-state index in [4.69, 9.17) is 16.3 Å². The summed E-state index contributed by atoms with van der Waals surface area (Å²) in [6, 6.07) is 7.87. The number of aliphatic hydroxyl groups excluding tert-OH is 1. The summed E-state index contributed by atoms with van der Waals surface area (Å²) in [7, 11) is 3.65. The standard InChI is InChI=1S/C15H25ClN2O2/c1-12(14-6-4-5-7-15(14)16)17-10-13(19)11-18(2)8-9-20-3/h4-7,12-13,17,19H,8-11H2,1-3H3/t12-,13?/m1/s1. The Morgan fingerprint density at radius 1 is 1.40 bits per heavy atom. The van der Waals surface area contributed by atoms with Crippen LogP contribution in [0.5, 0.6) is 0 Å². The summed E-state index contributed by atoms with van der Waals surface area (Å²) in [6.07, 6.45) is -0.415. The summed E-state index contributed by atoms with van der Waals surface area (Å²) < 4.78 is 5.01. The second-order valence-electron chi connectivity index (χ2n) is 5.06. The fourth-order valence-electron chi connectivity index (χ4n) is 2.01. The number of nitrogens with one attached hydrogen (secondary N) is 1. The summed E-state index contributed by atoms with van der Waals surface area (Å²) in [6.45, 7) is 4.68. The van der Waals surface area contributed by atoms with E-state index in [1.807, 2.05) is 38.2 Å². The van der Waals surface area contributed by atoms with Crippen LogP contribution in [0, 0.1) is 0 Å². The van der Waals surface area contributed by atoms with E-state index in [-0.39, 0.29) is 6.04 Å². The summed E-state index contributed by atoms with van der Waals surface area (Å²) >= 11 is 6.15. The van der Waals surface area contributed by atoms with Gasteiger partial charge in [-0.05, 0) is 25.6 Å². The van der Waals surface area contributed by atoms with Gasteiger partial charge in [0.2, 0.25) is 0 Å². The maximum absolute atomic E-state index is 10.0. The zero-order valence-electron chi connectivity index (χ0n) is 12.5. The Kier molecular flexibility index (Phi) is 8.11. The van der Waals surface area contributed by atoms with E-state index in [2.05, 4.69) is 10.2 Å². The molecular weight excluding hydrogens is 276 g/mol. The van der Waals surface area contributed by atoms with E-state index in [9.17, 15) is 5.11 Å². The Labute approximate surface area is 126 Å². The number of hydrogen-bond acceptors (Lipinski definition) is 4. The van der Waals surface area contributed by atoms with Gasteiger partial charge in [0.15, 0.2) is 0 Å². The van der Waals surface area contributed by atoms with Gasteiger partial charge in [-0.25, -0.2) is 0 Å². The van der Waals surface area contributed by atoms with Crippen molar-refractivity contribution in [2.45, 2.75) is 19.1 Å². The molecule has 0 heterocycles. The van der Waals surface area contributed by atoms with Gasteiger partial charge in [0.25, 0.3) is 0 Å². The van der Waals surface area contributed by atoms with Crippen LogP contribution in [0.4, 0.5) is 0 Å². The van der Waals surface area contributed by atoms with Crippen molar-refractivity contribution in [3.05, 3.63) is 34.9 Å². The highest BCUT2D eigenvalue weighted by atomic mass is 35.5. The molecule has 0 fully saturated rings. The number of halogens is 1. The highest BCUT2D eigenvalue weighted by molar-refractivity contribution is 6.31. The lowest BCUT2D eigenvalue weighted by Crippen LogP contribution is -2.38. The molecule has 0 saturated carbocycles. The molecule has 0 aliphatic heterocycles. The van der Waals surface area contributed by atoms with Crippen LogP contribution < -0.4 is 5.32 Å². The Morgan fingerprint density at radius 3 is 2.75 bits per heavy atom. The molecule has 0 aliphatic carbocycles. The number of likely N-dealkylation sites (N-methyl/N-ethyl adjacent to an activating group) is 1. The first kappa shape index (κ1) is 17.4. The molecule has 2 atom stereocenters. The van der Waals surface area contributed by atoms with E-state index in [1.54, 1.807) is 7.11 Å². The third-order valence-corrected chi connectivity index (χ3v) is 3.58. The average Bonchev–Trinajstić information content (AvgIpc) is 2.43. The molecule has 0 spiro atoms. The molecule has 0 bridgehead atoms. The maximum atomic E-state index is 10.0. The molecular formula is C15H25ClN2O2. The molecule has 0 aliphatic rings. The van der Waals surface area contributed by atoms with Gasteiger partial charge in [0.1, 0.15) is 0 Å². The zero-order valence-corrected chi connectivity index (χ0v) is 13.2. The fraction of sp³-hybridized carbons (Fsp3) is 0.600. The largest absolute Gasteiger partial charge is 0.390 e. The van der Waals surface area contributed by atoms with Crippen molar-refractivity contribution in [2.75, 3.05) is 40.4 Å². The number of rotatable bonds is 9. The Balaban J connectivity index is 2.33. The van der Waals surface area contributed by atoms with Crippen molar-refractivity contribution in [3.8, 4) is 0 Å². The van der Waals surface area contributed by atoms with Crippen LogP contribution in [0.15, 0.2) is 24.3 Å². The molecule has 4 nitrogen and oxygen atoms in total. The van der Waals surface area contributed by atoms with Gasteiger partial charge in [0.05, 0.1) is 12.7 Å². The molecule has 1 rings (SSSR count). The predicted molar refractivity (Wildman–Crippen MR) is 83.2 cm³/mol. The summed E-state index contributed by atoms with van der Waals surface area (Å²) in [5, 5.41) is 14.1. The van der Waals surface area contributed by atoms with Gasteiger partial charge >= 0.3 is 0 Å². The van der Waals surface area contributed by atoms with E-state index < -0.39 is 6.10 Å². The van der Waals surface area contributed by atoms with Crippen molar-refractivity contribution in [3.63, 3.8) is 0 Å². The molecule has 1 aromatic carbocycles. The van der Waals surface area contributed by atoms with Crippen molar-refractivity contribution < 1.29 is 9.84 Å². The smallest absolute Gasteiger partial charge is 0.0791 e. The summed E-state index contributed by atoms with van der Waals surface area (Å²) in [5.41, 5.74) is 1.05. The van der Waals surface area contributed by atoms with Gasteiger partial charge < -0.3 is 20.1 Å². The minimum absolute atomic E-state index is 0.114. The van der Waals surface area contributed by atoms with Crippen molar-refractivity contribution in [1.82, 2.24) is 10.2 Å². The highest BCUT2D eigenvalue weighted by Gasteiger charge is 2.12. The van der Waals surface area contributed by atoms with E-state index >= 15 is 0 Å². The second kappa shape index (κ2) is 9.32. The minimum atomic E-state index is -0.415. The van der Waals surface area contributed by atoms with Crippen molar-refractivity contribution in [2.24, 2.45) is 0 Å². The van der Waals surface area contributed by atoms with Crippen LogP contribution in [0.25, 0.3) is 0 Å². The van der Waals surface area contributed by atoms with Gasteiger partial charge in [-0.15, -0.1) is 0 Å². The molecule has 1 unspecified atom stereocenters. The van der Waals surface area contributed by atoms with Crippen molar-refractivity contribution in [1.29, 1.82) is 0 Å². The second-order valence-corrected chi connectivity index (χ2v) is 5.47. The third kappa shape index (κ3) is 6.20. The molecule has 0 amide bonds. The number of hydrogen-bond donors (Lipinski definition) is 2. The molecule has 2 N–H and O–H groups in total. The monoisotopic (exact) mass is 300 g/mol. The Bertz CT molecular complexity index is 390. The molecule has 1 aromatic rings. The Hall–Kier alpha value is -0.650. The van der Waals surface area contributed by atoms with E-state index in [0.29, 0.717) is 19.7 Å². The van der Waals surface area contributed by atoms with Gasteiger partial charge in [-0.3, -0.25) is 0 Å². The first-order valence-corrected chi connectivity index (χ1v) is 7.25. The SMILES string of the molecule is COCCN(C)CC(O)CN[C@H](C)c1ccccc1Cl. The average molecular weight is 301 g/mol. The maximum Gasteiger partial charge on any atom is 0.0791 e. The van der Waals surface area contributed by atoms with Gasteiger partial charge in [-0.1, -0.05) is 29.8 Å². The van der Waals surface area contributed by atoms with E-state index in [1.165, 1.54) is 0 Å². The van der Waals surface area contributed by atoms with Crippen LogP contribution in [0.1, 0.15) is 18.5 Å². The molecule has 20 heavy (non-hydrogen) atoms. The van der Waals surface area contributed by atoms with Crippen LogP contribution in [0.3, 0.4) is 0 Å². The molecule has 114 valence electrons. The van der Waals surface area contributed by atoms with Crippen LogP contribution in [0.2, 0.25) is 5.02 Å².